The number of hydrogen-bond donors (Lipinski definition) is 1. The maximum absolute atomic E-state index is 6.00. The van der Waals surface area contributed by atoms with Gasteiger partial charge < -0.3 is 15.2 Å². The van der Waals surface area contributed by atoms with Crippen LogP contribution in [-0.4, -0.2) is 23.8 Å². The molecule has 4 rings (SSSR count). The van der Waals surface area contributed by atoms with Crippen molar-refractivity contribution in [3.05, 3.63) is 72.6 Å². The van der Waals surface area contributed by atoms with E-state index in [1.165, 1.54) is 0 Å². The molecule has 0 radical (unpaired) electrons. The second kappa shape index (κ2) is 7.37. The van der Waals surface area contributed by atoms with E-state index in [2.05, 4.69) is 39.9 Å². The van der Waals surface area contributed by atoms with Crippen molar-refractivity contribution in [1.82, 2.24) is 9.55 Å². The quantitative estimate of drug-likeness (QED) is 0.549. The Morgan fingerprint density at radius 1 is 0.964 bits per heavy atom. The first-order chi connectivity index (χ1) is 13.6. The van der Waals surface area contributed by atoms with E-state index in [0.29, 0.717) is 0 Å². The molecule has 0 saturated carbocycles. The fraction of sp³-hybridized carbons (Fsp3) is 0.174. The Kier molecular flexibility index (Phi) is 4.75. The highest BCUT2D eigenvalue weighted by molar-refractivity contribution is 5.79. The van der Waals surface area contributed by atoms with Gasteiger partial charge in [-0.1, -0.05) is 18.2 Å². The van der Waals surface area contributed by atoms with Gasteiger partial charge in [0.1, 0.15) is 17.8 Å². The van der Waals surface area contributed by atoms with Crippen LogP contribution >= 0.6 is 0 Å². The zero-order chi connectivity index (χ0) is 19.7. The van der Waals surface area contributed by atoms with Crippen molar-refractivity contribution in [3.8, 4) is 28.3 Å². The summed E-state index contributed by atoms with van der Waals surface area (Å²) < 4.78 is 13.0. The number of aromatic nitrogens is 2. The standard InChI is InChI=1S/C23H23N3O2/c1-15(24)16-7-10-22-21(12-16)25-14-26(22)18-6-4-5-17(11-18)20-9-8-19(27-2)13-23(20)28-3/h4-15H,24H2,1-3H3/t15-/m1/s1. The van der Waals surface area contributed by atoms with Crippen molar-refractivity contribution in [2.24, 2.45) is 5.73 Å². The van der Waals surface area contributed by atoms with E-state index >= 15 is 0 Å². The van der Waals surface area contributed by atoms with Crippen LogP contribution in [0.2, 0.25) is 0 Å². The van der Waals surface area contributed by atoms with E-state index in [1.54, 1.807) is 14.2 Å². The Balaban J connectivity index is 1.79. The van der Waals surface area contributed by atoms with E-state index in [4.69, 9.17) is 15.2 Å². The predicted octanol–water partition coefficient (Wildman–Crippen LogP) is 4.73. The normalized spacial score (nSPS) is 12.1. The minimum atomic E-state index is -0.0135. The lowest BCUT2D eigenvalue weighted by atomic mass is 10.0. The van der Waals surface area contributed by atoms with Crippen molar-refractivity contribution in [1.29, 1.82) is 0 Å². The van der Waals surface area contributed by atoms with Crippen LogP contribution in [0.1, 0.15) is 18.5 Å². The molecule has 4 aromatic rings. The number of methoxy groups -OCH3 is 2. The molecule has 3 aromatic carbocycles. The van der Waals surface area contributed by atoms with Gasteiger partial charge in [0.2, 0.25) is 0 Å². The Bertz CT molecular complexity index is 1130. The van der Waals surface area contributed by atoms with Gasteiger partial charge in [-0.25, -0.2) is 4.98 Å². The molecule has 0 aliphatic carbocycles. The van der Waals surface area contributed by atoms with E-state index in [9.17, 15) is 0 Å². The molecule has 1 aromatic heterocycles. The van der Waals surface area contributed by atoms with Crippen LogP contribution in [-0.2, 0) is 0 Å². The lowest BCUT2D eigenvalue weighted by Crippen LogP contribution is -2.04. The molecule has 1 heterocycles. The van der Waals surface area contributed by atoms with Crippen LogP contribution in [0.15, 0.2) is 67.0 Å². The summed E-state index contributed by atoms with van der Waals surface area (Å²) in [6.07, 6.45) is 1.85. The molecular formula is C23H23N3O2. The smallest absolute Gasteiger partial charge is 0.130 e. The van der Waals surface area contributed by atoms with Crippen LogP contribution in [0.4, 0.5) is 0 Å². The van der Waals surface area contributed by atoms with Gasteiger partial charge in [-0.2, -0.15) is 0 Å². The zero-order valence-electron chi connectivity index (χ0n) is 16.2. The van der Waals surface area contributed by atoms with Gasteiger partial charge in [0.05, 0.1) is 25.3 Å². The number of rotatable bonds is 5. The minimum absolute atomic E-state index is 0.0135. The van der Waals surface area contributed by atoms with Gasteiger partial charge in [-0.3, -0.25) is 4.57 Å². The molecule has 0 bridgehead atoms. The van der Waals surface area contributed by atoms with Crippen LogP contribution in [0.5, 0.6) is 11.5 Å². The van der Waals surface area contributed by atoms with Crippen molar-refractivity contribution < 1.29 is 9.47 Å². The largest absolute Gasteiger partial charge is 0.497 e. The van der Waals surface area contributed by atoms with Crippen LogP contribution in [0, 0.1) is 0 Å². The highest BCUT2D eigenvalue weighted by Crippen LogP contribution is 2.34. The number of nitrogens with zero attached hydrogens (tertiary/aromatic N) is 2. The Morgan fingerprint density at radius 2 is 1.82 bits per heavy atom. The first-order valence-corrected chi connectivity index (χ1v) is 9.16. The molecule has 0 aliphatic rings. The molecule has 0 fully saturated rings. The zero-order valence-corrected chi connectivity index (χ0v) is 16.2. The number of ether oxygens (including phenoxy) is 2. The van der Waals surface area contributed by atoms with Gasteiger partial charge in [0, 0.05) is 23.4 Å². The summed E-state index contributed by atoms with van der Waals surface area (Å²) in [7, 11) is 3.32. The summed E-state index contributed by atoms with van der Waals surface area (Å²) in [6.45, 7) is 1.98. The maximum Gasteiger partial charge on any atom is 0.130 e. The summed E-state index contributed by atoms with van der Waals surface area (Å²) in [5, 5.41) is 0. The molecular weight excluding hydrogens is 350 g/mol. The monoisotopic (exact) mass is 373 g/mol. The SMILES string of the molecule is COc1ccc(-c2cccc(-n3cnc4cc([C@@H](C)N)ccc43)c2)c(OC)c1. The first-order valence-electron chi connectivity index (χ1n) is 9.16. The van der Waals surface area contributed by atoms with Gasteiger partial charge in [0.25, 0.3) is 0 Å². The second-order valence-corrected chi connectivity index (χ2v) is 6.77. The fourth-order valence-electron chi connectivity index (χ4n) is 3.38. The maximum atomic E-state index is 6.00. The van der Waals surface area contributed by atoms with Gasteiger partial charge in [-0.15, -0.1) is 0 Å². The van der Waals surface area contributed by atoms with E-state index in [-0.39, 0.29) is 6.04 Å². The molecule has 0 unspecified atom stereocenters. The average molecular weight is 373 g/mol. The third-order valence-corrected chi connectivity index (χ3v) is 4.94. The summed E-state index contributed by atoms with van der Waals surface area (Å²) in [5.41, 5.74) is 12.2. The van der Waals surface area contributed by atoms with Gasteiger partial charge >= 0.3 is 0 Å². The van der Waals surface area contributed by atoms with Crippen LogP contribution < -0.4 is 15.2 Å². The van der Waals surface area contributed by atoms with Crippen molar-refractivity contribution in [2.45, 2.75) is 13.0 Å². The van der Waals surface area contributed by atoms with E-state index in [0.717, 1.165) is 44.9 Å². The molecule has 28 heavy (non-hydrogen) atoms. The van der Waals surface area contributed by atoms with Gasteiger partial charge in [-0.05, 0) is 54.4 Å². The fourth-order valence-corrected chi connectivity index (χ4v) is 3.38. The summed E-state index contributed by atoms with van der Waals surface area (Å²) in [6, 6.07) is 20.3. The molecule has 142 valence electrons. The van der Waals surface area contributed by atoms with Crippen LogP contribution in [0.25, 0.3) is 27.8 Å². The van der Waals surface area contributed by atoms with Crippen molar-refractivity contribution in [3.63, 3.8) is 0 Å². The lowest BCUT2D eigenvalue weighted by Gasteiger charge is -2.12. The van der Waals surface area contributed by atoms with E-state index < -0.39 is 0 Å². The third-order valence-electron chi connectivity index (χ3n) is 4.94. The Labute approximate surface area is 164 Å². The van der Waals surface area contributed by atoms with Crippen molar-refractivity contribution >= 4 is 11.0 Å². The Hall–Kier alpha value is -3.31. The number of hydrogen-bond acceptors (Lipinski definition) is 4. The molecule has 1 atom stereocenters. The highest BCUT2D eigenvalue weighted by Gasteiger charge is 2.11. The number of nitrogens with two attached hydrogens (primary N) is 1. The van der Waals surface area contributed by atoms with Gasteiger partial charge in [0.15, 0.2) is 0 Å². The number of benzene rings is 3. The number of imidazole rings is 1. The molecule has 5 nitrogen and oxygen atoms in total. The average Bonchev–Trinajstić information content (AvgIpc) is 3.16. The molecule has 0 amide bonds. The highest BCUT2D eigenvalue weighted by atomic mass is 16.5. The summed E-state index contributed by atoms with van der Waals surface area (Å²) in [4.78, 5) is 4.56. The molecule has 5 heteroatoms. The molecule has 0 saturated heterocycles. The van der Waals surface area contributed by atoms with E-state index in [1.807, 2.05) is 43.6 Å². The lowest BCUT2D eigenvalue weighted by molar-refractivity contribution is 0.395. The predicted molar refractivity (Wildman–Crippen MR) is 112 cm³/mol. The second-order valence-electron chi connectivity index (χ2n) is 6.77. The first kappa shape index (κ1) is 18.1. The summed E-state index contributed by atoms with van der Waals surface area (Å²) >= 11 is 0. The third kappa shape index (κ3) is 3.21. The van der Waals surface area contributed by atoms with Crippen molar-refractivity contribution in [2.75, 3.05) is 14.2 Å². The topological polar surface area (TPSA) is 62.3 Å². The van der Waals surface area contributed by atoms with Crippen LogP contribution in [0.3, 0.4) is 0 Å². The molecule has 0 spiro atoms. The number of fused-ring (bicyclic) bond motifs is 1. The minimum Gasteiger partial charge on any atom is -0.497 e. The molecule has 0 aliphatic heterocycles. The Morgan fingerprint density at radius 3 is 2.57 bits per heavy atom. The summed E-state index contributed by atoms with van der Waals surface area (Å²) in [5.74, 6) is 1.54. The molecule has 2 N–H and O–H groups in total.